The van der Waals surface area contributed by atoms with E-state index < -0.39 is 0 Å². The van der Waals surface area contributed by atoms with Gasteiger partial charge in [-0.3, -0.25) is 4.68 Å². The lowest BCUT2D eigenvalue weighted by molar-refractivity contribution is 0.425. The lowest BCUT2D eigenvalue weighted by Crippen LogP contribution is -2.12. The Hall–Kier alpha value is -0.830. The molecule has 80 valence electrons. The summed E-state index contributed by atoms with van der Waals surface area (Å²) in [6, 6.07) is 2.69. The average molecular weight is 195 g/mol. The van der Waals surface area contributed by atoms with Gasteiger partial charge in [-0.15, -0.1) is 0 Å². The van der Waals surface area contributed by atoms with Crippen LogP contribution in [0.4, 0.5) is 0 Å². The van der Waals surface area contributed by atoms with Crippen LogP contribution in [0.2, 0.25) is 0 Å². The molecule has 0 aliphatic rings. The summed E-state index contributed by atoms with van der Waals surface area (Å²) in [6.07, 6.45) is 5.43. The van der Waals surface area contributed by atoms with Crippen LogP contribution in [0.1, 0.15) is 38.4 Å². The largest absolute Gasteiger partial charge is 0.319 e. The van der Waals surface area contributed by atoms with Crippen LogP contribution in [0.3, 0.4) is 0 Å². The Morgan fingerprint density at radius 1 is 1.43 bits per heavy atom. The lowest BCUT2D eigenvalue weighted by Gasteiger charge is -2.12. The molecule has 3 nitrogen and oxygen atoms in total. The normalized spacial score (nSPS) is 11.1. The monoisotopic (exact) mass is 195 g/mol. The van der Waals surface area contributed by atoms with E-state index in [9.17, 15) is 0 Å². The highest BCUT2D eigenvalue weighted by Crippen LogP contribution is 2.14. The Morgan fingerprint density at radius 3 is 2.71 bits per heavy atom. The maximum absolute atomic E-state index is 4.57. The highest BCUT2D eigenvalue weighted by molar-refractivity contribution is 5.00. The van der Waals surface area contributed by atoms with Gasteiger partial charge in [-0.2, -0.15) is 5.10 Å². The second kappa shape index (κ2) is 5.81. The van der Waals surface area contributed by atoms with Crippen molar-refractivity contribution in [1.29, 1.82) is 0 Å². The fraction of sp³-hybridized carbons (Fsp3) is 0.727. The third-order valence-electron chi connectivity index (χ3n) is 2.61. The van der Waals surface area contributed by atoms with Crippen LogP contribution in [0.15, 0.2) is 12.3 Å². The van der Waals surface area contributed by atoms with Gasteiger partial charge >= 0.3 is 0 Å². The number of aromatic nitrogens is 2. The summed E-state index contributed by atoms with van der Waals surface area (Å²) in [6.45, 7) is 5.42. The van der Waals surface area contributed by atoms with Gasteiger partial charge < -0.3 is 5.32 Å². The number of nitrogens with zero attached hydrogens (tertiary/aromatic N) is 2. The van der Waals surface area contributed by atoms with Crippen molar-refractivity contribution in [2.45, 2.75) is 39.2 Å². The molecule has 0 aromatic carbocycles. The van der Waals surface area contributed by atoms with E-state index in [2.05, 4.69) is 41.2 Å². The first-order valence-electron chi connectivity index (χ1n) is 5.50. The molecule has 1 aromatic heterocycles. The molecule has 0 spiro atoms. The van der Waals surface area contributed by atoms with Gasteiger partial charge in [-0.25, -0.2) is 0 Å². The van der Waals surface area contributed by atoms with Gasteiger partial charge in [0.25, 0.3) is 0 Å². The molecule has 0 bridgehead atoms. The fourth-order valence-electron chi connectivity index (χ4n) is 1.63. The first kappa shape index (κ1) is 11.2. The zero-order valence-corrected chi connectivity index (χ0v) is 9.45. The third-order valence-corrected chi connectivity index (χ3v) is 2.61. The standard InChI is InChI=1S/C11H21N3/c1-4-11(5-2)14-9-7-10(13-14)6-8-12-3/h7,9,11-12H,4-6,8H2,1-3H3. The fourth-order valence-corrected chi connectivity index (χ4v) is 1.63. The van der Waals surface area contributed by atoms with Crippen molar-refractivity contribution in [2.24, 2.45) is 0 Å². The van der Waals surface area contributed by atoms with Gasteiger partial charge in [0.2, 0.25) is 0 Å². The second-order valence-electron chi connectivity index (χ2n) is 3.61. The lowest BCUT2D eigenvalue weighted by atomic mass is 10.2. The zero-order valence-electron chi connectivity index (χ0n) is 9.45. The van der Waals surface area contributed by atoms with E-state index in [0.717, 1.165) is 25.8 Å². The predicted octanol–water partition coefficient (Wildman–Crippen LogP) is 2.01. The minimum atomic E-state index is 0.568. The number of hydrogen-bond acceptors (Lipinski definition) is 2. The maximum Gasteiger partial charge on any atom is 0.0637 e. The van der Waals surface area contributed by atoms with Crippen LogP contribution in [-0.4, -0.2) is 23.4 Å². The van der Waals surface area contributed by atoms with Gasteiger partial charge in [0.05, 0.1) is 11.7 Å². The number of rotatable bonds is 6. The maximum atomic E-state index is 4.57. The topological polar surface area (TPSA) is 29.9 Å². The summed E-state index contributed by atoms with van der Waals surface area (Å²) in [5.74, 6) is 0. The molecule has 0 fully saturated rings. The van der Waals surface area contributed by atoms with Gasteiger partial charge in [0.1, 0.15) is 0 Å². The Kier molecular flexibility index (Phi) is 4.66. The van der Waals surface area contributed by atoms with E-state index in [-0.39, 0.29) is 0 Å². The van der Waals surface area contributed by atoms with E-state index in [1.54, 1.807) is 0 Å². The van der Waals surface area contributed by atoms with Crippen LogP contribution in [0.25, 0.3) is 0 Å². The molecule has 0 aliphatic carbocycles. The number of likely N-dealkylation sites (N-methyl/N-ethyl adjacent to an activating group) is 1. The van der Waals surface area contributed by atoms with E-state index >= 15 is 0 Å². The molecule has 0 saturated carbocycles. The summed E-state index contributed by atoms with van der Waals surface area (Å²) in [7, 11) is 1.97. The van der Waals surface area contributed by atoms with Gasteiger partial charge in [0, 0.05) is 19.2 Å². The van der Waals surface area contributed by atoms with Crippen LogP contribution < -0.4 is 5.32 Å². The molecule has 0 unspecified atom stereocenters. The number of nitrogens with one attached hydrogen (secondary N) is 1. The first-order chi connectivity index (χ1) is 6.81. The van der Waals surface area contributed by atoms with E-state index in [4.69, 9.17) is 0 Å². The summed E-state index contributed by atoms with van der Waals surface area (Å²) in [5.41, 5.74) is 1.19. The molecule has 0 aliphatic heterocycles. The van der Waals surface area contributed by atoms with Crippen LogP contribution in [-0.2, 0) is 6.42 Å². The van der Waals surface area contributed by atoms with Crippen LogP contribution >= 0.6 is 0 Å². The van der Waals surface area contributed by atoms with E-state index in [1.165, 1.54) is 5.69 Å². The second-order valence-corrected chi connectivity index (χ2v) is 3.61. The molecule has 1 aromatic rings. The molecule has 1 rings (SSSR count). The minimum absolute atomic E-state index is 0.568. The molecule has 0 radical (unpaired) electrons. The molecule has 0 amide bonds. The zero-order chi connectivity index (χ0) is 10.4. The highest BCUT2D eigenvalue weighted by Gasteiger charge is 2.06. The van der Waals surface area contributed by atoms with Crippen molar-refractivity contribution in [3.05, 3.63) is 18.0 Å². The molecule has 0 atom stereocenters. The summed E-state index contributed by atoms with van der Waals surface area (Å²) < 4.78 is 2.10. The smallest absolute Gasteiger partial charge is 0.0637 e. The van der Waals surface area contributed by atoms with Crippen LogP contribution in [0.5, 0.6) is 0 Å². The number of hydrogen-bond donors (Lipinski definition) is 1. The SMILES string of the molecule is CCC(CC)n1ccc(CCNC)n1. The Morgan fingerprint density at radius 2 is 2.14 bits per heavy atom. The van der Waals surface area contributed by atoms with Gasteiger partial charge in [-0.05, 0) is 26.0 Å². The Bertz CT molecular complexity index is 251. The van der Waals surface area contributed by atoms with E-state index in [1.807, 2.05) is 7.05 Å². The van der Waals surface area contributed by atoms with Crippen LogP contribution in [0, 0.1) is 0 Å². The van der Waals surface area contributed by atoms with E-state index in [0.29, 0.717) is 6.04 Å². The highest BCUT2D eigenvalue weighted by atomic mass is 15.3. The van der Waals surface area contributed by atoms with Crippen molar-refractivity contribution >= 4 is 0 Å². The van der Waals surface area contributed by atoms with Gasteiger partial charge in [0.15, 0.2) is 0 Å². The van der Waals surface area contributed by atoms with Crippen molar-refractivity contribution in [1.82, 2.24) is 15.1 Å². The molecular weight excluding hydrogens is 174 g/mol. The summed E-state index contributed by atoms with van der Waals surface area (Å²) >= 11 is 0. The molecule has 0 saturated heterocycles. The third kappa shape index (κ3) is 2.84. The van der Waals surface area contributed by atoms with Crippen molar-refractivity contribution in [3.63, 3.8) is 0 Å². The molecular formula is C11H21N3. The summed E-state index contributed by atoms with van der Waals surface area (Å²) in [5, 5.41) is 7.70. The quantitative estimate of drug-likeness (QED) is 0.752. The van der Waals surface area contributed by atoms with Gasteiger partial charge in [-0.1, -0.05) is 13.8 Å². The van der Waals surface area contributed by atoms with Crippen molar-refractivity contribution < 1.29 is 0 Å². The molecule has 1 N–H and O–H groups in total. The summed E-state index contributed by atoms with van der Waals surface area (Å²) in [4.78, 5) is 0. The molecule has 14 heavy (non-hydrogen) atoms. The minimum Gasteiger partial charge on any atom is -0.319 e. The molecule has 1 heterocycles. The van der Waals surface area contributed by atoms with Crippen molar-refractivity contribution in [3.8, 4) is 0 Å². The molecule has 3 heteroatoms. The Labute approximate surface area is 86.5 Å². The first-order valence-corrected chi connectivity index (χ1v) is 5.50. The Balaban J connectivity index is 2.57. The predicted molar refractivity (Wildman–Crippen MR) is 59.5 cm³/mol. The average Bonchev–Trinajstić information content (AvgIpc) is 2.65. The van der Waals surface area contributed by atoms with Crippen molar-refractivity contribution in [2.75, 3.05) is 13.6 Å².